The molecule has 1 saturated carbocycles. The average Bonchev–Trinajstić information content (AvgIpc) is 2.93. The summed E-state index contributed by atoms with van der Waals surface area (Å²) in [5, 5.41) is 13.8. The van der Waals surface area contributed by atoms with Crippen molar-refractivity contribution in [1.29, 1.82) is 0 Å². The number of nitrogens with zero attached hydrogens (tertiary/aromatic N) is 2. The number of aromatic nitrogens is 1. The Morgan fingerprint density at radius 2 is 2.14 bits per heavy atom. The van der Waals surface area contributed by atoms with Gasteiger partial charge in [-0.2, -0.15) is 0 Å². The van der Waals surface area contributed by atoms with Gasteiger partial charge >= 0.3 is 0 Å². The van der Waals surface area contributed by atoms with Crippen LogP contribution < -0.4 is 5.32 Å². The molecule has 1 fully saturated rings. The first kappa shape index (κ1) is 18.3. The van der Waals surface area contributed by atoms with E-state index in [0.717, 1.165) is 43.9 Å². The second-order valence-electron chi connectivity index (χ2n) is 5.74. The number of aliphatic imine (C=N–C) groups is 1. The number of aromatic amines is 1. The smallest absolute Gasteiger partial charge is 0.193 e. The van der Waals surface area contributed by atoms with E-state index < -0.39 is 5.60 Å². The van der Waals surface area contributed by atoms with Crippen LogP contribution >= 0.6 is 24.0 Å². The first-order chi connectivity index (χ1) is 9.63. The van der Waals surface area contributed by atoms with Crippen molar-refractivity contribution >= 4 is 29.9 Å². The van der Waals surface area contributed by atoms with Crippen LogP contribution in [-0.4, -0.2) is 47.2 Å². The van der Waals surface area contributed by atoms with Crippen molar-refractivity contribution < 1.29 is 5.11 Å². The van der Waals surface area contributed by atoms with Gasteiger partial charge in [0, 0.05) is 32.5 Å². The maximum absolute atomic E-state index is 10.5. The molecule has 1 aliphatic rings. The summed E-state index contributed by atoms with van der Waals surface area (Å²) in [7, 11) is 3.78. The minimum Gasteiger partial charge on any atom is -0.388 e. The molecule has 1 aromatic heterocycles. The normalized spacial score (nSPS) is 18.0. The van der Waals surface area contributed by atoms with Crippen LogP contribution in [0.4, 0.5) is 0 Å². The number of hydrogen-bond acceptors (Lipinski definition) is 2. The zero-order valence-corrected chi connectivity index (χ0v) is 15.3. The van der Waals surface area contributed by atoms with Gasteiger partial charge in [-0.25, -0.2) is 0 Å². The highest BCUT2D eigenvalue weighted by molar-refractivity contribution is 14.0. The molecule has 1 aliphatic carbocycles. The fraction of sp³-hybridized carbons (Fsp3) is 0.667. The summed E-state index contributed by atoms with van der Waals surface area (Å²) in [6.45, 7) is 1.35. The molecule has 6 heteroatoms. The average molecular weight is 406 g/mol. The Morgan fingerprint density at radius 3 is 2.71 bits per heavy atom. The predicted molar refractivity (Wildman–Crippen MR) is 97.1 cm³/mol. The van der Waals surface area contributed by atoms with E-state index in [1.165, 1.54) is 6.42 Å². The third kappa shape index (κ3) is 5.50. The Kier molecular flexibility index (Phi) is 7.51. The lowest BCUT2D eigenvalue weighted by Crippen LogP contribution is -2.48. The van der Waals surface area contributed by atoms with Gasteiger partial charge in [0.25, 0.3) is 0 Å². The van der Waals surface area contributed by atoms with E-state index in [4.69, 9.17) is 0 Å². The molecule has 1 heterocycles. The summed E-state index contributed by atoms with van der Waals surface area (Å²) < 4.78 is 0. The molecule has 0 saturated heterocycles. The summed E-state index contributed by atoms with van der Waals surface area (Å²) in [6.07, 6.45) is 7.17. The van der Waals surface area contributed by atoms with E-state index in [1.54, 1.807) is 7.05 Å². The van der Waals surface area contributed by atoms with Gasteiger partial charge in [0.15, 0.2) is 5.96 Å². The van der Waals surface area contributed by atoms with E-state index >= 15 is 0 Å². The van der Waals surface area contributed by atoms with Crippen molar-refractivity contribution in [3.05, 3.63) is 24.0 Å². The largest absolute Gasteiger partial charge is 0.388 e. The Hall–Kier alpha value is -0.760. The van der Waals surface area contributed by atoms with E-state index in [-0.39, 0.29) is 24.0 Å². The summed E-state index contributed by atoms with van der Waals surface area (Å²) in [5.74, 6) is 0.818. The van der Waals surface area contributed by atoms with Gasteiger partial charge in [0.1, 0.15) is 0 Å². The molecule has 0 bridgehead atoms. The lowest BCUT2D eigenvalue weighted by Gasteiger charge is -2.33. The molecule has 0 radical (unpaired) electrons. The molecule has 0 amide bonds. The van der Waals surface area contributed by atoms with E-state index in [2.05, 4.69) is 26.3 Å². The Balaban J connectivity index is 0.00000220. The summed E-state index contributed by atoms with van der Waals surface area (Å²) in [6, 6.07) is 4.04. The zero-order valence-electron chi connectivity index (χ0n) is 12.9. The maximum Gasteiger partial charge on any atom is 0.193 e. The molecule has 0 aliphatic heterocycles. The van der Waals surface area contributed by atoms with Gasteiger partial charge in [0.05, 0.1) is 12.1 Å². The first-order valence-electron chi connectivity index (χ1n) is 7.39. The van der Waals surface area contributed by atoms with Crippen LogP contribution in [0.5, 0.6) is 0 Å². The van der Waals surface area contributed by atoms with Gasteiger partial charge in [-0.1, -0.05) is 19.3 Å². The fourth-order valence-corrected chi connectivity index (χ4v) is 2.81. The third-order valence-electron chi connectivity index (χ3n) is 4.00. The van der Waals surface area contributed by atoms with Gasteiger partial charge in [0.2, 0.25) is 0 Å². The molecule has 0 spiro atoms. The Labute approximate surface area is 144 Å². The standard InChI is InChI=1S/C15H26N4O.HI/c1-16-14(19(2)11-13-7-6-10-17-13)18-12-15(20)8-4-3-5-9-15;/h6-7,10,17,20H,3-5,8-9,11-12H2,1-2H3,(H,16,18);1H. The monoisotopic (exact) mass is 406 g/mol. The van der Waals surface area contributed by atoms with Crippen LogP contribution in [0.2, 0.25) is 0 Å². The van der Waals surface area contributed by atoms with Crippen molar-refractivity contribution in [1.82, 2.24) is 15.2 Å². The van der Waals surface area contributed by atoms with Crippen molar-refractivity contribution in [2.45, 2.75) is 44.2 Å². The molecule has 120 valence electrons. The minimum absolute atomic E-state index is 0. The number of halogens is 1. The van der Waals surface area contributed by atoms with Gasteiger partial charge in [-0.15, -0.1) is 24.0 Å². The predicted octanol–water partition coefficient (Wildman–Crippen LogP) is 2.34. The molecule has 21 heavy (non-hydrogen) atoms. The molecule has 3 N–H and O–H groups in total. The van der Waals surface area contributed by atoms with E-state index in [9.17, 15) is 5.11 Å². The second kappa shape index (κ2) is 8.63. The molecular weight excluding hydrogens is 379 g/mol. The number of guanidine groups is 1. The zero-order chi connectivity index (χ0) is 14.4. The van der Waals surface area contributed by atoms with Crippen molar-refractivity contribution in [3.63, 3.8) is 0 Å². The van der Waals surface area contributed by atoms with Crippen molar-refractivity contribution in [2.24, 2.45) is 4.99 Å². The Bertz CT molecular complexity index is 427. The molecule has 5 nitrogen and oxygen atoms in total. The maximum atomic E-state index is 10.5. The number of rotatable bonds is 4. The third-order valence-corrected chi connectivity index (χ3v) is 4.00. The van der Waals surface area contributed by atoms with Gasteiger partial charge in [-0.3, -0.25) is 4.99 Å². The fourth-order valence-electron chi connectivity index (χ4n) is 2.81. The molecule has 2 rings (SSSR count). The van der Waals surface area contributed by atoms with Gasteiger partial charge in [-0.05, 0) is 25.0 Å². The van der Waals surface area contributed by atoms with Crippen LogP contribution in [0.3, 0.4) is 0 Å². The van der Waals surface area contributed by atoms with Crippen LogP contribution in [0, 0.1) is 0 Å². The number of H-pyrrole nitrogens is 1. The first-order valence-corrected chi connectivity index (χ1v) is 7.39. The second-order valence-corrected chi connectivity index (χ2v) is 5.74. The van der Waals surface area contributed by atoms with Crippen LogP contribution in [0.25, 0.3) is 0 Å². The Morgan fingerprint density at radius 1 is 1.43 bits per heavy atom. The van der Waals surface area contributed by atoms with E-state index in [0.29, 0.717) is 6.54 Å². The van der Waals surface area contributed by atoms with Gasteiger partial charge < -0.3 is 20.3 Å². The summed E-state index contributed by atoms with van der Waals surface area (Å²) >= 11 is 0. The van der Waals surface area contributed by atoms with Crippen LogP contribution in [0.15, 0.2) is 23.3 Å². The highest BCUT2D eigenvalue weighted by atomic mass is 127. The molecular formula is C15H27IN4O. The number of aliphatic hydroxyl groups is 1. The summed E-state index contributed by atoms with van der Waals surface area (Å²) in [5.41, 5.74) is 0.577. The topological polar surface area (TPSA) is 63.7 Å². The van der Waals surface area contributed by atoms with Crippen molar-refractivity contribution in [2.75, 3.05) is 20.6 Å². The highest BCUT2D eigenvalue weighted by Crippen LogP contribution is 2.27. The van der Waals surface area contributed by atoms with E-state index in [1.807, 2.05) is 19.3 Å². The molecule has 1 aromatic rings. The molecule has 0 unspecified atom stereocenters. The molecule has 0 aromatic carbocycles. The van der Waals surface area contributed by atoms with Crippen molar-refractivity contribution in [3.8, 4) is 0 Å². The molecule has 0 atom stereocenters. The highest BCUT2D eigenvalue weighted by Gasteiger charge is 2.29. The van der Waals surface area contributed by atoms with Crippen LogP contribution in [-0.2, 0) is 6.54 Å². The lowest BCUT2D eigenvalue weighted by molar-refractivity contribution is 0.00819. The quantitative estimate of drug-likeness (QED) is 0.409. The SMILES string of the molecule is CN=C(NCC1(O)CCCCC1)N(C)Cc1ccc[nH]1.I. The minimum atomic E-state index is -0.568. The summed E-state index contributed by atoms with van der Waals surface area (Å²) in [4.78, 5) is 9.53. The lowest BCUT2D eigenvalue weighted by atomic mass is 9.85. The van der Waals surface area contributed by atoms with Crippen LogP contribution in [0.1, 0.15) is 37.8 Å². The number of hydrogen-bond donors (Lipinski definition) is 3. The number of nitrogens with one attached hydrogen (secondary N) is 2.